The van der Waals surface area contributed by atoms with Gasteiger partial charge in [-0.3, -0.25) is 0 Å². The van der Waals surface area contributed by atoms with Crippen LogP contribution in [0.2, 0.25) is 0 Å². The second kappa shape index (κ2) is 3.18. The van der Waals surface area contributed by atoms with Crippen LogP contribution in [0.4, 0.5) is 5.00 Å². The van der Waals surface area contributed by atoms with Gasteiger partial charge in [0.2, 0.25) is 0 Å². The standard InChI is InChI=1S/C11H15NS/c1-3-9(8-4-5-8)10-6-11(12)13-7(10)2/h3,6,8H,4-5,12H2,1-2H3/b9-3-. The van der Waals surface area contributed by atoms with Crippen molar-refractivity contribution in [1.82, 2.24) is 0 Å². The van der Waals surface area contributed by atoms with Crippen molar-refractivity contribution in [3.05, 3.63) is 22.6 Å². The van der Waals surface area contributed by atoms with E-state index in [0.717, 1.165) is 10.9 Å². The van der Waals surface area contributed by atoms with Crippen molar-refractivity contribution in [2.24, 2.45) is 5.92 Å². The zero-order valence-electron chi connectivity index (χ0n) is 8.13. The molecular weight excluding hydrogens is 178 g/mol. The second-order valence-electron chi connectivity index (χ2n) is 3.64. The largest absolute Gasteiger partial charge is 0.391 e. The van der Waals surface area contributed by atoms with Crippen LogP contribution in [0.15, 0.2) is 12.1 Å². The predicted octanol–water partition coefficient (Wildman–Crippen LogP) is 3.45. The molecule has 2 rings (SSSR count). The first-order valence-corrected chi connectivity index (χ1v) is 5.56. The Bertz CT molecular complexity index is 345. The van der Waals surface area contributed by atoms with E-state index in [1.165, 1.54) is 28.9 Å². The smallest absolute Gasteiger partial charge is 0.0865 e. The molecule has 0 atom stereocenters. The Morgan fingerprint density at radius 1 is 1.62 bits per heavy atom. The summed E-state index contributed by atoms with van der Waals surface area (Å²) < 4.78 is 0. The van der Waals surface area contributed by atoms with Gasteiger partial charge in [0.15, 0.2) is 0 Å². The van der Waals surface area contributed by atoms with E-state index in [1.807, 2.05) is 0 Å². The average Bonchev–Trinajstić information content (AvgIpc) is 2.82. The van der Waals surface area contributed by atoms with Gasteiger partial charge in [-0.1, -0.05) is 6.08 Å². The molecule has 70 valence electrons. The normalized spacial score (nSPS) is 17.8. The minimum Gasteiger partial charge on any atom is -0.391 e. The van der Waals surface area contributed by atoms with Crippen molar-refractivity contribution in [3.8, 4) is 0 Å². The van der Waals surface area contributed by atoms with Crippen molar-refractivity contribution >= 4 is 21.9 Å². The van der Waals surface area contributed by atoms with Gasteiger partial charge in [0.05, 0.1) is 5.00 Å². The lowest BCUT2D eigenvalue weighted by Crippen LogP contribution is -1.85. The summed E-state index contributed by atoms with van der Waals surface area (Å²) in [6, 6.07) is 2.12. The molecule has 1 aromatic rings. The van der Waals surface area contributed by atoms with Crippen LogP contribution in [0.5, 0.6) is 0 Å². The van der Waals surface area contributed by atoms with Gasteiger partial charge in [0, 0.05) is 4.88 Å². The SMILES string of the molecule is C/C=C(\c1cc(N)sc1C)C1CC1. The van der Waals surface area contributed by atoms with Gasteiger partial charge in [-0.25, -0.2) is 0 Å². The topological polar surface area (TPSA) is 26.0 Å². The zero-order chi connectivity index (χ0) is 9.42. The second-order valence-corrected chi connectivity index (χ2v) is 4.92. The number of anilines is 1. The maximum Gasteiger partial charge on any atom is 0.0865 e. The number of hydrogen-bond acceptors (Lipinski definition) is 2. The zero-order valence-corrected chi connectivity index (χ0v) is 8.95. The van der Waals surface area contributed by atoms with Crippen LogP contribution in [0.1, 0.15) is 30.2 Å². The summed E-state index contributed by atoms with van der Waals surface area (Å²) in [6.45, 7) is 4.28. The Morgan fingerprint density at radius 3 is 2.69 bits per heavy atom. The molecule has 1 aliphatic carbocycles. The monoisotopic (exact) mass is 193 g/mol. The molecule has 0 aliphatic heterocycles. The first kappa shape index (κ1) is 8.82. The molecule has 0 unspecified atom stereocenters. The van der Waals surface area contributed by atoms with E-state index in [1.54, 1.807) is 11.3 Å². The molecule has 1 nitrogen and oxygen atoms in total. The van der Waals surface area contributed by atoms with Gasteiger partial charge in [-0.05, 0) is 49.8 Å². The van der Waals surface area contributed by atoms with Crippen LogP contribution in [0.3, 0.4) is 0 Å². The number of nitrogens with two attached hydrogens (primary N) is 1. The minimum atomic E-state index is 0.817. The molecule has 2 heteroatoms. The van der Waals surface area contributed by atoms with E-state index in [0.29, 0.717) is 0 Å². The Morgan fingerprint density at radius 2 is 2.31 bits per heavy atom. The molecule has 0 bridgehead atoms. The third-order valence-corrected chi connectivity index (χ3v) is 3.46. The highest BCUT2D eigenvalue weighted by Gasteiger charge is 2.27. The van der Waals surface area contributed by atoms with Crippen molar-refractivity contribution < 1.29 is 0 Å². The lowest BCUT2D eigenvalue weighted by molar-refractivity contribution is 1.14. The van der Waals surface area contributed by atoms with Crippen LogP contribution >= 0.6 is 11.3 Å². The highest BCUT2D eigenvalue weighted by atomic mass is 32.1. The summed E-state index contributed by atoms with van der Waals surface area (Å²) >= 11 is 1.70. The van der Waals surface area contributed by atoms with Gasteiger partial charge in [-0.2, -0.15) is 0 Å². The van der Waals surface area contributed by atoms with E-state index < -0.39 is 0 Å². The quantitative estimate of drug-likeness (QED) is 0.765. The Balaban J connectivity index is 2.37. The number of allylic oxidation sites excluding steroid dienone is 2. The van der Waals surface area contributed by atoms with E-state index >= 15 is 0 Å². The Kier molecular flexibility index (Phi) is 2.16. The summed E-state index contributed by atoms with van der Waals surface area (Å²) in [5.74, 6) is 0.817. The van der Waals surface area contributed by atoms with Crippen molar-refractivity contribution in [2.45, 2.75) is 26.7 Å². The molecule has 1 aromatic heterocycles. The molecule has 13 heavy (non-hydrogen) atoms. The third-order valence-electron chi connectivity index (χ3n) is 2.58. The van der Waals surface area contributed by atoms with E-state index in [9.17, 15) is 0 Å². The first-order valence-electron chi connectivity index (χ1n) is 4.75. The molecule has 1 fully saturated rings. The van der Waals surface area contributed by atoms with Gasteiger partial charge in [-0.15, -0.1) is 11.3 Å². The van der Waals surface area contributed by atoms with Gasteiger partial charge >= 0.3 is 0 Å². The molecule has 1 saturated carbocycles. The number of hydrogen-bond donors (Lipinski definition) is 1. The summed E-state index contributed by atoms with van der Waals surface area (Å²) in [6.07, 6.45) is 4.95. The van der Waals surface area contributed by atoms with Crippen molar-refractivity contribution in [3.63, 3.8) is 0 Å². The van der Waals surface area contributed by atoms with Crippen molar-refractivity contribution in [2.75, 3.05) is 5.73 Å². The fourth-order valence-electron chi connectivity index (χ4n) is 1.80. The Labute approximate surface area is 83.3 Å². The van der Waals surface area contributed by atoms with Gasteiger partial charge < -0.3 is 5.73 Å². The highest BCUT2D eigenvalue weighted by Crippen LogP contribution is 2.44. The maximum atomic E-state index is 5.78. The van der Waals surface area contributed by atoms with E-state index in [-0.39, 0.29) is 0 Å². The molecule has 0 saturated heterocycles. The van der Waals surface area contributed by atoms with Crippen LogP contribution in [-0.4, -0.2) is 0 Å². The first-order chi connectivity index (χ1) is 6.22. The number of aryl methyl sites for hydroxylation is 1. The van der Waals surface area contributed by atoms with Gasteiger partial charge in [0.25, 0.3) is 0 Å². The fraction of sp³-hybridized carbons (Fsp3) is 0.455. The molecule has 1 aliphatic rings. The van der Waals surface area contributed by atoms with Crippen LogP contribution in [0.25, 0.3) is 5.57 Å². The van der Waals surface area contributed by atoms with E-state index in [4.69, 9.17) is 5.73 Å². The molecule has 0 aromatic carbocycles. The van der Waals surface area contributed by atoms with Crippen LogP contribution in [0, 0.1) is 12.8 Å². The van der Waals surface area contributed by atoms with E-state index in [2.05, 4.69) is 26.0 Å². The average molecular weight is 193 g/mol. The number of thiophene rings is 1. The predicted molar refractivity (Wildman–Crippen MR) is 59.8 cm³/mol. The summed E-state index contributed by atoms with van der Waals surface area (Å²) in [5, 5.41) is 0.938. The summed E-state index contributed by atoms with van der Waals surface area (Å²) in [7, 11) is 0. The molecule has 1 heterocycles. The minimum absolute atomic E-state index is 0.817. The molecule has 0 spiro atoms. The van der Waals surface area contributed by atoms with Crippen LogP contribution < -0.4 is 5.73 Å². The molecular formula is C11H15NS. The molecule has 2 N–H and O–H groups in total. The van der Waals surface area contributed by atoms with Gasteiger partial charge in [0.1, 0.15) is 0 Å². The molecule has 0 radical (unpaired) electrons. The van der Waals surface area contributed by atoms with Crippen LogP contribution in [-0.2, 0) is 0 Å². The van der Waals surface area contributed by atoms with Crippen molar-refractivity contribution in [1.29, 1.82) is 0 Å². The Hall–Kier alpha value is -0.760. The number of rotatable bonds is 2. The fourth-order valence-corrected chi connectivity index (χ4v) is 2.61. The highest BCUT2D eigenvalue weighted by molar-refractivity contribution is 7.16. The summed E-state index contributed by atoms with van der Waals surface area (Å²) in [4.78, 5) is 1.36. The molecule has 0 amide bonds. The maximum absolute atomic E-state index is 5.78. The lowest BCUT2D eigenvalue weighted by Gasteiger charge is -2.03. The number of nitrogen functional groups attached to an aromatic ring is 1. The summed E-state index contributed by atoms with van der Waals surface area (Å²) in [5.41, 5.74) is 8.67. The lowest BCUT2D eigenvalue weighted by atomic mass is 10.0. The third kappa shape index (κ3) is 1.63.